The number of ether oxygens (including phenoxy) is 3. The van der Waals surface area contributed by atoms with Crippen molar-refractivity contribution in [1.29, 1.82) is 0 Å². The van der Waals surface area contributed by atoms with Crippen LogP contribution in [0.25, 0.3) is 0 Å². The summed E-state index contributed by atoms with van der Waals surface area (Å²) in [5, 5.41) is 3.01. The summed E-state index contributed by atoms with van der Waals surface area (Å²) in [4.78, 5) is 26.7. The Morgan fingerprint density at radius 2 is 1.58 bits per heavy atom. The molecular formula is C26H34N2O5. The Morgan fingerprint density at radius 1 is 0.909 bits per heavy atom. The fourth-order valence-electron chi connectivity index (χ4n) is 3.73. The van der Waals surface area contributed by atoms with Gasteiger partial charge >= 0.3 is 0 Å². The van der Waals surface area contributed by atoms with Crippen LogP contribution in [0.1, 0.15) is 51.1 Å². The first-order valence-corrected chi connectivity index (χ1v) is 11.7. The highest BCUT2D eigenvalue weighted by Gasteiger charge is 2.21. The number of amides is 2. The highest BCUT2D eigenvalue weighted by molar-refractivity contribution is 5.79. The topological polar surface area (TPSA) is 77.1 Å². The molecule has 0 aromatic heterocycles. The summed E-state index contributed by atoms with van der Waals surface area (Å²) in [7, 11) is 0. The number of carbonyl (C=O) groups is 2. The summed E-state index contributed by atoms with van der Waals surface area (Å²) in [5.74, 6) is 1.77. The van der Waals surface area contributed by atoms with Gasteiger partial charge in [-0.3, -0.25) is 9.59 Å². The third-order valence-electron chi connectivity index (χ3n) is 5.51. The van der Waals surface area contributed by atoms with E-state index >= 15 is 0 Å². The fraction of sp³-hybridized carbons (Fsp3) is 0.462. The molecule has 1 atom stereocenters. The predicted molar refractivity (Wildman–Crippen MR) is 127 cm³/mol. The first kappa shape index (κ1) is 24.4. The Labute approximate surface area is 196 Å². The van der Waals surface area contributed by atoms with E-state index in [-0.39, 0.29) is 31.1 Å². The maximum atomic E-state index is 12.6. The largest absolute Gasteiger partial charge is 0.494 e. The smallest absolute Gasteiger partial charge is 0.260 e. The molecule has 1 heterocycles. The van der Waals surface area contributed by atoms with Crippen molar-refractivity contribution in [2.75, 3.05) is 32.9 Å². The van der Waals surface area contributed by atoms with Crippen molar-refractivity contribution in [1.82, 2.24) is 10.2 Å². The average molecular weight is 455 g/mol. The predicted octanol–water partition coefficient (Wildman–Crippen LogP) is 4.12. The molecule has 2 aromatic carbocycles. The highest BCUT2D eigenvalue weighted by Crippen LogP contribution is 2.27. The number of benzene rings is 2. The van der Waals surface area contributed by atoms with E-state index in [1.54, 1.807) is 12.1 Å². The van der Waals surface area contributed by atoms with Crippen LogP contribution < -0.4 is 19.5 Å². The molecule has 3 rings (SSSR count). The second-order valence-corrected chi connectivity index (χ2v) is 8.05. The van der Waals surface area contributed by atoms with Crippen LogP contribution in [0.15, 0.2) is 48.5 Å². The Hall–Kier alpha value is -3.22. The average Bonchev–Trinajstić information content (AvgIpc) is 3.39. The van der Waals surface area contributed by atoms with E-state index in [1.165, 1.54) is 0 Å². The van der Waals surface area contributed by atoms with Crippen LogP contribution in [-0.2, 0) is 9.59 Å². The summed E-state index contributed by atoms with van der Waals surface area (Å²) in [6.07, 6.45) is 3.71. The minimum atomic E-state index is -0.246. The summed E-state index contributed by atoms with van der Waals surface area (Å²) < 4.78 is 17.0. The Kier molecular flexibility index (Phi) is 9.42. The summed E-state index contributed by atoms with van der Waals surface area (Å²) in [6, 6.07) is 14.5. The van der Waals surface area contributed by atoms with Crippen molar-refractivity contribution in [3.63, 3.8) is 0 Å². The Bertz CT molecular complexity index is 894. The highest BCUT2D eigenvalue weighted by atomic mass is 16.5. The van der Waals surface area contributed by atoms with Gasteiger partial charge < -0.3 is 24.4 Å². The van der Waals surface area contributed by atoms with E-state index in [4.69, 9.17) is 14.2 Å². The molecule has 2 aromatic rings. The first-order chi connectivity index (χ1) is 16.1. The maximum Gasteiger partial charge on any atom is 0.260 e. The molecule has 0 aliphatic carbocycles. The number of nitrogens with one attached hydrogen (secondary N) is 1. The van der Waals surface area contributed by atoms with E-state index in [9.17, 15) is 9.59 Å². The third kappa shape index (κ3) is 7.41. The van der Waals surface area contributed by atoms with Gasteiger partial charge in [0.2, 0.25) is 0 Å². The minimum absolute atomic E-state index is 0.00102. The lowest BCUT2D eigenvalue weighted by Crippen LogP contribution is -2.34. The zero-order chi connectivity index (χ0) is 23.5. The quantitative estimate of drug-likeness (QED) is 0.522. The van der Waals surface area contributed by atoms with E-state index in [2.05, 4.69) is 12.2 Å². The van der Waals surface area contributed by atoms with Gasteiger partial charge in [0.1, 0.15) is 17.2 Å². The molecule has 178 valence electrons. The van der Waals surface area contributed by atoms with Gasteiger partial charge in [-0.1, -0.05) is 32.0 Å². The van der Waals surface area contributed by atoms with Crippen LogP contribution in [0.5, 0.6) is 17.2 Å². The van der Waals surface area contributed by atoms with E-state index in [0.29, 0.717) is 24.5 Å². The summed E-state index contributed by atoms with van der Waals surface area (Å²) >= 11 is 0. The summed E-state index contributed by atoms with van der Waals surface area (Å²) in [5.41, 5.74) is 0.847. The van der Waals surface area contributed by atoms with Crippen molar-refractivity contribution in [2.45, 2.75) is 45.6 Å². The molecule has 1 N–H and O–H groups in total. The van der Waals surface area contributed by atoms with Crippen molar-refractivity contribution in [2.24, 2.45) is 0 Å². The number of nitrogens with zero attached hydrogens (tertiary/aromatic N) is 1. The van der Waals surface area contributed by atoms with Crippen molar-refractivity contribution >= 4 is 11.8 Å². The minimum Gasteiger partial charge on any atom is -0.494 e. The molecule has 0 spiro atoms. The van der Waals surface area contributed by atoms with Gasteiger partial charge in [-0.05, 0) is 56.0 Å². The van der Waals surface area contributed by atoms with Crippen molar-refractivity contribution in [3.05, 3.63) is 54.1 Å². The van der Waals surface area contributed by atoms with Crippen LogP contribution in [0.3, 0.4) is 0 Å². The number of hydrogen-bond acceptors (Lipinski definition) is 5. The van der Waals surface area contributed by atoms with Gasteiger partial charge in [0.15, 0.2) is 13.2 Å². The van der Waals surface area contributed by atoms with Crippen LogP contribution in [0.2, 0.25) is 0 Å². The van der Waals surface area contributed by atoms with Crippen molar-refractivity contribution < 1.29 is 23.8 Å². The van der Waals surface area contributed by atoms with Gasteiger partial charge in [0, 0.05) is 18.7 Å². The van der Waals surface area contributed by atoms with E-state index in [1.807, 2.05) is 48.2 Å². The van der Waals surface area contributed by atoms with Gasteiger partial charge in [-0.25, -0.2) is 0 Å². The molecule has 1 fully saturated rings. The van der Waals surface area contributed by atoms with E-state index < -0.39 is 0 Å². The number of likely N-dealkylation sites (tertiary alicyclic amines) is 1. The molecule has 0 bridgehead atoms. The van der Waals surface area contributed by atoms with Gasteiger partial charge in [0.05, 0.1) is 12.6 Å². The number of rotatable bonds is 12. The molecule has 1 unspecified atom stereocenters. The molecule has 0 saturated carbocycles. The van der Waals surface area contributed by atoms with Gasteiger partial charge in [0.25, 0.3) is 11.8 Å². The second kappa shape index (κ2) is 12.7. The standard InChI is InChI=1S/C26H34N2O5/c1-3-17-31-20-11-13-21(14-12-20)32-18-25(29)27-23(4-2)22-9-5-6-10-24(22)33-19-26(30)28-15-7-8-16-28/h5-6,9-14,23H,3-4,7-8,15-19H2,1-2H3,(H,27,29). The second-order valence-electron chi connectivity index (χ2n) is 8.05. The van der Waals surface area contributed by atoms with Crippen LogP contribution >= 0.6 is 0 Å². The zero-order valence-corrected chi connectivity index (χ0v) is 19.5. The SMILES string of the molecule is CCCOc1ccc(OCC(=O)NC(CC)c2ccccc2OCC(=O)N2CCCC2)cc1. The third-order valence-corrected chi connectivity index (χ3v) is 5.51. The van der Waals surface area contributed by atoms with Crippen molar-refractivity contribution in [3.8, 4) is 17.2 Å². The zero-order valence-electron chi connectivity index (χ0n) is 19.5. The Balaban J connectivity index is 1.53. The molecule has 7 heteroatoms. The lowest BCUT2D eigenvalue weighted by molar-refractivity contribution is -0.132. The number of para-hydroxylation sites is 1. The lowest BCUT2D eigenvalue weighted by Gasteiger charge is -2.22. The molecular weight excluding hydrogens is 420 g/mol. The number of carbonyl (C=O) groups excluding carboxylic acids is 2. The number of hydrogen-bond donors (Lipinski definition) is 1. The lowest BCUT2D eigenvalue weighted by atomic mass is 10.0. The summed E-state index contributed by atoms with van der Waals surface area (Å²) in [6.45, 7) is 6.21. The molecule has 1 aliphatic heterocycles. The fourth-order valence-corrected chi connectivity index (χ4v) is 3.73. The molecule has 33 heavy (non-hydrogen) atoms. The maximum absolute atomic E-state index is 12.6. The van der Waals surface area contributed by atoms with Gasteiger partial charge in [-0.15, -0.1) is 0 Å². The molecule has 1 saturated heterocycles. The first-order valence-electron chi connectivity index (χ1n) is 11.7. The monoisotopic (exact) mass is 454 g/mol. The van der Waals surface area contributed by atoms with Gasteiger partial charge in [-0.2, -0.15) is 0 Å². The normalized spacial score (nSPS) is 13.9. The molecule has 7 nitrogen and oxygen atoms in total. The van der Waals surface area contributed by atoms with E-state index in [0.717, 1.165) is 43.7 Å². The van der Waals surface area contributed by atoms with Crippen LogP contribution in [-0.4, -0.2) is 49.6 Å². The molecule has 1 aliphatic rings. The van der Waals surface area contributed by atoms with Crippen LogP contribution in [0.4, 0.5) is 0 Å². The molecule has 2 amide bonds. The Morgan fingerprint density at radius 3 is 2.24 bits per heavy atom. The molecule has 0 radical (unpaired) electrons. The van der Waals surface area contributed by atoms with Crippen LogP contribution in [0, 0.1) is 0 Å².